The highest BCUT2D eigenvalue weighted by molar-refractivity contribution is 5.78. The summed E-state index contributed by atoms with van der Waals surface area (Å²) in [4.78, 5) is 4.64. The first-order valence-electron chi connectivity index (χ1n) is 6.31. The van der Waals surface area contributed by atoms with Crippen molar-refractivity contribution < 1.29 is 0 Å². The molecule has 0 aliphatic rings. The Balaban J connectivity index is 1.80. The van der Waals surface area contributed by atoms with E-state index in [1.54, 1.807) is 0 Å². The molecule has 0 amide bonds. The molecule has 96 valence electrons. The molecule has 0 aliphatic heterocycles. The van der Waals surface area contributed by atoms with Gasteiger partial charge in [-0.25, -0.2) is 0 Å². The van der Waals surface area contributed by atoms with Crippen LogP contribution in [0.1, 0.15) is 11.4 Å². The molecule has 0 atom stereocenters. The Morgan fingerprint density at radius 1 is 1.16 bits per heavy atom. The van der Waals surface area contributed by atoms with Crippen LogP contribution in [-0.4, -0.2) is 14.8 Å². The number of para-hydroxylation sites is 1. The quantitative estimate of drug-likeness (QED) is 0.779. The minimum atomic E-state index is 0.706. The number of aryl methyl sites for hydroxylation is 2. The van der Waals surface area contributed by atoms with E-state index in [4.69, 9.17) is 0 Å². The lowest BCUT2D eigenvalue weighted by Gasteiger charge is -2.05. The Bertz CT molecular complexity index is 715. The second-order valence-electron chi connectivity index (χ2n) is 4.65. The summed E-state index contributed by atoms with van der Waals surface area (Å²) in [7, 11) is 1.92. The zero-order valence-electron chi connectivity index (χ0n) is 11.1. The molecule has 4 heteroatoms. The van der Waals surface area contributed by atoms with Gasteiger partial charge in [0.25, 0.3) is 0 Å². The summed E-state index contributed by atoms with van der Waals surface area (Å²) in [5.41, 5.74) is 4.12. The van der Waals surface area contributed by atoms with Crippen molar-refractivity contribution in [1.82, 2.24) is 14.8 Å². The van der Waals surface area contributed by atoms with Gasteiger partial charge in [0.2, 0.25) is 0 Å². The number of anilines is 1. The Morgan fingerprint density at radius 2 is 2.00 bits per heavy atom. The predicted octanol–water partition coefficient (Wildman–Crippen LogP) is 2.89. The van der Waals surface area contributed by atoms with Gasteiger partial charge in [0.15, 0.2) is 0 Å². The summed E-state index contributed by atoms with van der Waals surface area (Å²) in [5, 5.41) is 8.85. The molecule has 2 aromatic heterocycles. The molecule has 0 saturated heterocycles. The lowest BCUT2D eigenvalue weighted by molar-refractivity contribution is 0.756. The van der Waals surface area contributed by atoms with Crippen molar-refractivity contribution in [3.05, 3.63) is 54.0 Å². The van der Waals surface area contributed by atoms with Crippen molar-refractivity contribution in [2.24, 2.45) is 7.05 Å². The number of hydrogen-bond acceptors (Lipinski definition) is 3. The normalized spacial score (nSPS) is 10.8. The van der Waals surface area contributed by atoms with E-state index in [1.807, 2.05) is 43.0 Å². The third-order valence-corrected chi connectivity index (χ3v) is 3.13. The van der Waals surface area contributed by atoms with E-state index in [-0.39, 0.29) is 0 Å². The van der Waals surface area contributed by atoms with Crippen LogP contribution in [0.3, 0.4) is 0 Å². The molecular formula is C15H16N4. The standard InChI is InChI=1S/C15H16N4/c1-11-15(10-19(2)18-11)16-9-13-8-7-12-5-3-4-6-14(12)17-13/h3-8,10,16H,9H2,1-2H3. The Kier molecular flexibility index (Phi) is 2.91. The molecule has 1 N–H and O–H groups in total. The summed E-state index contributed by atoms with van der Waals surface area (Å²) in [5.74, 6) is 0. The fourth-order valence-electron chi connectivity index (χ4n) is 2.17. The number of nitrogens with zero attached hydrogens (tertiary/aromatic N) is 3. The third-order valence-electron chi connectivity index (χ3n) is 3.13. The van der Waals surface area contributed by atoms with E-state index in [1.165, 1.54) is 5.39 Å². The number of aromatic nitrogens is 3. The smallest absolute Gasteiger partial charge is 0.0825 e. The number of rotatable bonds is 3. The molecule has 3 aromatic rings. The van der Waals surface area contributed by atoms with Crippen LogP contribution in [0.4, 0.5) is 5.69 Å². The number of benzene rings is 1. The molecule has 3 rings (SSSR count). The lowest BCUT2D eigenvalue weighted by atomic mass is 10.2. The van der Waals surface area contributed by atoms with Crippen molar-refractivity contribution in [1.29, 1.82) is 0 Å². The van der Waals surface area contributed by atoms with Gasteiger partial charge < -0.3 is 5.32 Å². The van der Waals surface area contributed by atoms with Crippen LogP contribution in [-0.2, 0) is 13.6 Å². The van der Waals surface area contributed by atoms with Gasteiger partial charge >= 0.3 is 0 Å². The summed E-state index contributed by atoms with van der Waals surface area (Å²) in [6.45, 7) is 2.70. The van der Waals surface area contributed by atoms with Crippen molar-refractivity contribution in [2.45, 2.75) is 13.5 Å². The Hall–Kier alpha value is -2.36. The van der Waals surface area contributed by atoms with Crippen LogP contribution in [0.15, 0.2) is 42.6 Å². The lowest BCUT2D eigenvalue weighted by Crippen LogP contribution is -2.01. The van der Waals surface area contributed by atoms with E-state index in [0.717, 1.165) is 22.6 Å². The van der Waals surface area contributed by atoms with Gasteiger partial charge in [0, 0.05) is 18.6 Å². The molecule has 0 spiro atoms. The molecule has 4 nitrogen and oxygen atoms in total. The minimum Gasteiger partial charge on any atom is -0.377 e. The van der Waals surface area contributed by atoms with Crippen LogP contribution < -0.4 is 5.32 Å². The van der Waals surface area contributed by atoms with E-state index >= 15 is 0 Å². The molecule has 19 heavy (non-hydrogen) atoms. The van der Waals surface area contributed by atoms with Gasteiger partial charge in [0.05, 0.1) is 29.1 Å². The predicted molar refractivity (Wildman–Crippen MR) is 77.0 cm³/mol. The molecular weight excluding hydrogens is 236 g/mol. The number of hydrogen-bond donors (Lipinski definition) is 1. The largest absolute Gasteiger partial charge is 0.377 e. The zero-order chi connectivity index (χ0) is 13.2. The summed E-state index contributed by atoms with van der Waals surface area (Å²) in [6, 6.07) is 12.3. The number of fused-ring (bicyclic) bond motifs is 1. The van der Waals surface area contributed by atoms with Gasteiger partial charge in [-0.1, -0.05) is 24.3 Å². The average molecular weight is 252 g/mol. The summed E-state index contributed by atoms with van der Waals surface area (Å²) < 4.78 is 1.81. The molecule has 0 fully saturated rings. The van der Waals surface area contributed by atoms with Gasteiger partial charge in [-0.15, -0.1) is 0 Å². The van der Waals surface area contributed by atoms with Gasteiger partial charge in [0.1, 0.15) is 0 Å². The maximum Gasteiger partial charge on any atom is 0.0825 e. The van der Waals surface area contributed by atoms with Crippen LogP contribution in [0.5, 0.6) is 0 Å². The first-order valence-corrected chi connectivity index (χ1v) is 6.31. The van der Waals surface area contributed by atoms with Crippen LogP contribution in [0, 0.1) is 6.92 Å². The van der Waals surface area contributed by atoms with Crippen molar-refractivity contribution in [3.63, 3.8) is 0 Å². The molecule has 0 aliphatic carbocycles. The molecule has 0 bridgehead atoms. The molecule has 0 radical (unpaired) electrons. The minimum absolute atomic E-state index is 0.706. The van der Waals surface area contributed by atoms with Gasteiger partial charge in [-0.05, 0) is 19.1 Å². The monoisotopic (exact) mass is 252 g/mol. The summed E-state index contributed by atoms with van der Waals surface area (Å²) in [6.07, 6.45) is 1.98. The topological polar surface area (TPSA) is 42.7 Å². The number of nitrogens with one attached hydrogen (secondary N) is 1. The number of pyridine rings is 1. The fraction of sp³-hybridized carbons (Fsp3) is 0.200. The van der Waals surface area contributed by atoms with E-state index < -0.39 is 0 Å². The second-order valence-corrected chi connectivity index (χ2v) is 4.65. The van der Waals surface area contributed by atoms with Crippen LogP contribution in [0.2, 0.25) is 0 Å². The van der Waals surface area contributed by atoms with Crippen molar-refractivity contribution in [2.75, 3.05) is 5.32 Å². The molecule has 2 heterocycles. The Morgan fingerprint density at radius 3 is 2.79 bits per heavy atom. The van der Waals surface area contributed by atoms with Crippen molar-refractivity contribution in [3.8, 4) is 0 Å². The second kappa shape index (κ2) is 4.72. The van der Waals surface area contributed by atoms with Crippen molar-refractivity contribution >= 4 is 16.6 Å². The summed E-state index contributed by atoms with van der Waals surface area (Å²) >= 11 is 0. The SMILES string of the molecule is Cc1nn(C)cc1NCc1ccc2ccccc2n1. The maximum atomic E-state index is 4.64. The third kappa shape index (κ3) is 2.42. The van der Waals surface area contributed by atoms with E-state index in [0.29, 0.717) is 6.54 Å². The fourth-order valence-corrected chi connectivity index (χ4v) is 2.17. The zero-order valence-corrected chi connectivity index (χ0v) is 11.1. The molecule has 0 saturated carbocycles. The molecule has 0 unspecified atom stereocenters. The van der Waals surface area contributed by atoms with Crippen LogP contribution >= 0.6 is 0 Å². The van der Waals surface area contributed by atoms with Gasteiger partial charge in [-0.2, -0.15) is 5.10 Å². The van der Waals surface area contributed by atoms with E-state index in [9.17, 15) is 0 Å². The van der Waals surface area contributed by atoms with Crippen LogP contribution in [0.25, 0.3) is 10.9 Å². The molecule has 1 aromatic carbocycles. The highest BCUT2D eigenvalue weighted by atomic mass is 15.3. The first kappa shape index (κ1) is 11.7. The highest BCUT2D eigenvalue weighted by Gasteiger charge is 2.03. The van der Waals surface area contributed by atoms with Gasteiger partial charge in [-0.3, -0.25) is 9.67 Å². The van der Waals surface area contributed by atoms with E-state index in [2.05, 4.69) is 33.6 Å². The highest BCUT2D eigenvalue weighted by Crippen LogP contribution is 2.15. The Labute approximate surface area is 112 Å². The maximum absolute atomic E-state index is 4.64. The average Bonchev–Trinajstić information content (AvgIpc) is 2.74. The first-order chi connectivity index (χ1) is 9.22.